The number of aliphatic hydroxyl groups excluding tert-OH is 5. The number of carboxylic acids is 1. The van der Waals surface area contributed by atoms with Gasteiger partial charge in [0, 0.05) is 18.6 Å². The number of nitrogens with two attached hydrogens (primary N) is 5. The van der Waals surface area contributed by atoms with Crippen molar-refractivity contribution < 1.29 is 59.2 Å². The van der Waals surface area contributed by atoms with Gasteiger partial charge in [0.25, 0.3) is 0 Å². The Morgan fingerprint density at radius 3 is 2.00 bits per heavy atom. The molecule has 3 fully saturated rings. The molecule has 0 aromatic carbocycles. The van der Waals surface area contributed by atoms with Crippen molar-refractivity contribution in [2.24, 2.45) is 28.7 Å². The maximum absolute atomic E-state index is 12.1. The number of ether oxygens (including phenoxy) is 4. The van der Waals surface area contributed by atoms with Crippen molar-refractivity contribution in [3.63, 3.8) is 0 Å². The van der Waals surface area contributed by atoms with Crippen LogP contribution in [0.5, 0.6) is 0 Å². The lowest BCUT2D eigenvalue weighted by molar-refractivity contribution is -0.315. The molecule has 40 heavy (non-hydrogen) atoms. The van der Waals surface area contributed by atoms with E-state index in [0.29, 0.717) is 0 Å². The molecule has 18 nitrogen and oxygen atoms in total. The van der Waals surface area contributed by atoms with Crippen LogP contribution in [0.2, 0.25) is 0 Å². The zero-order valence-electron chi connectivity index (χ0n) is 21.7. The average molecular weight is 583 g/mol. The second kappa shape index (κ2) is 14.0. The fraction of sp³-hybridized carbons (Fsp3) is 0.909. The minimum atomic E-state index is -1.51. The van der Waals surface area contributed by atoms with Crippen molar-refractivity contribution in [3.8, 4) is 0 Å². The minimum absolute atomic E-state index is 0.00521. The van der Waals surface area contributed by atoms with Gasteiger partial charge in [-0.05, 0) is 12.8 Å². The molecule has 14 unspecified atom stereocenters. The first-order chi connectivity index (χ1) is 18.7. The van der Waals surface area contributed by atoms with Crippen molar-refractivity contribution in [3.05, 3.63) is 0 Å². The highest BCUT2D eigenvalue weighted by Crippen LogP contribution is 2.30. The molecule has 1 saturated carbocycles. The topological polar surface area (TPSA) is 335 Å². The lowest BCUT2D eigenvalue weighted by Crippen LogP contribution is -2.68. The van der Waals surface area contributed by atoms with Gasteiger partial charge >= 0.3 is 5.97 Å². The number of carboxylic acid groups (broad SMARTS) is 1. The highest BCUT2D eigenvalue weighted by molar-refractivity contribution is 5.85. The van der Waals surface area contributed by atoms with Gasteiger partial charge in [0.05, 0.1) is 37.3 Å². The molecule has 3 aliphatic rings. The molecular weight excluding hydrogens is 540 g/mol. The van der Waals surface area contributed by atoms with Crippen LogP contribution >= 0.6 is 0 Å². The molecule has 232 valence electrons. The third-order valence-corrected chi connectivity index (χ3v) is 7.39. The number of amides is 1. The summed E-state index contributed by atoms with van der Waals surface area (Å²) in [5.41, 5.74) is 29.9. The highest BCUT2D eigenvalue weighted by atomic mass is 16.7. The van der Waals surface area contributed by atoms with Crippen LogP contribution < -0.4 is 34.0 Å². The number of nitrogens with one attached hydrogen (secondary N) is 1. The van der Waals surface area contributed by atoms with Crippen LogP contribution in [0.1, 0.15) is 19.3 Å². The van der Waals surface area contributed by atoms with Crippen molar-refractivity contribution >= 4 is 11.9 Å². The van der Waals surface area contributed by atoms with Gasteiger partial charge in [-0.15, -0.1) is 0 Å². The normalized spacial score (nSPS) is 45.0. The van der Waals surface area contributed by atoms with Gasteiger partial charge in [-0.25, -0.2) is 0 Å². The van der Waals surface area contributed by atoms with Crippen LogP contribution in [0, 0.1) is 0 Å². The molecule has 0 aromatic rings. The van der Waals surface area contributed by atoms with Gasteiger partial charge in [0.2, 0.25) is 5.91 Å². The molecule has 2 saturated heterocycles. The number of rotatable bonds is 10. The first-order valence-electron chi connectivity index (χ1n) is 13.0. The zero-order chi connectivity index (χ0) is 29.9. The largest absolute Gasteiger partial charge is 0.481 e. The molecule has 2 heterocycles. The van der Waals surface area contributed by atoms with Crippen molar-refractivity contribution in [2.75, 3.05) is 13.2 Å². The fourth-order valence-electron chi connectivity index (χ4n) is 5.01. The third-order valence-electron chi connectivity index (χ3n) is 7.39. The second-order valence-corrected chi connectivity index (χ2v) is 10.5. The molecular formula is C22H42N6O12. The maximum Gasteiger partial charge on any atom is 0.305 e. The summed E-state index contributed by atoms with van der Waals surface area (Å²) in [4.78, 5) is 22.8. The molecule has 0 radical (unpaired) electrons. The first-order valence-corrected chi connectivity index (χ1v) is 13.0. The smallest absolute Gasteiger partial charge is 0.305 e. The fourth-order valence-corrected chi connectivity index (χ4v) is 5.01. The van der Waals surface area contributed by atoms with Crippen molar-refractivity contribution in [1.29, 1.82) is 0 Å². The zero-order valence-corrected chi connectivity index (χ0v) is 21.7. The Hall–Kier alpha value is -1.62. The van der Waals surface area contributed by atoms with Gasteiger partial charge in [0.1, 0.15) is 42.7 Å². The maximum atomic E-state index is 12.1. The SMILES string of the molecule is NC1CC(O)C(CNC(=O)[C@@H](N)CC(=O)O)OC1OC1C(N)CC(N)C(OC2OC(CO)C(O)C(N)C2O)C1O. The standard InChI is InChI=1S/C22H42N6O12/c23-6-1-7(24)19(40-22-16(34)14(27)15(33)12(5-29)38-22)17(35)18(6)39-21-9(26)2-10(30)11(37-21)4-28-20(36)8(25)3-13(31)32/h6-12,14-19,21-22,29-30,33-35H,1-5,23-27H2,(H,28,36)(H,31,32)/t6?,7?,8-,9?,10?,11?,12?,14?,15?,16?,17?,18?,19?,21?,22?/m0/s1. The lowest BCUT2D eigenvalue weighted by Gasteiger charge is -2.47. The first kappa shape index (κ1) is 32.9. The Kier molecular flexibility index (Phi) is 11.5. The summed E-state index contributed by atoms with van der Waals surface area (Å²) < 4.78 is 22.9. The van der Waals surface area contributed by atoms with Crippen molar-refractivity contribution in [1.82, 2.24) is 5.32 Å². The van der Waals surface area contributed by atoms with E-state index in [0.717, 1.165) is 0 Å². The molecule has 18 heteroatoms. The molecule has 0 bridgehead atoms. The summed E-state index contributed by atoms with van der Waals surface area (Å²) in [6, 6.07) is -5.03. The Morgan fingerprint density at radius 2 is 1.43 bits per heavy atom. The van der Waals surface area contributed by atoms with E-state index in [1.165, 1.54) is 0 Å². The minimum Gasteiger partial charge on any atom is -0.481 e. The van der Waals surface area contributed by atoms with Gasteiger partial charge in [0.15, 0.2) is 12.6 Å². The van der Waals surface area contributed by atoms with Crippen LogP contribution in [0.4, 0.5) is 0 Å². The molecule has 2 aliphatic heterocycles. The number of carbonyl (C=O) groups excluding carboxylic acids is 1. The van der Waals surface area contributed by atoms with E-state index in [4.69, 9.17) is 52.7 Å². The number of aliphatic hydroxyl groups is 5. The Labute approximate surface area is 229 Å². The third kappa shape index (κ3) is 7.61. The van der Waals surface area contributed by atoms with Crippen LogP contribution in [0.25, 0.3) is 0 Å². The molecule has 1 aliphatic carbocycles. The van der Waals surface area contributed by atoms with Gasteiger partial charge < -0.3 is 83.6 Å². The molecule has 17 N–H and O–H groups in total. The molecule has 3 rings (SSSR count). The Balaban J connectivity index is 1.65. The number of hydrogen-bond donors (Lipinski definition) is 12. The van der Waals surface area contributed by atoms with Crippen LogP contribution in [0.3, 0.4) is 0 Å². The molecule has 0 aromatic heterocycles. The van der Waals surface area contributed by atoms with E-state index in [2.05, 4.69) is 5.32 Å². The average Bonchev–Trinajstić information content (AvgIpc) is 2.88. The van der Waals surface area contributed by atoms with E-state index < -0.39 is 117 Å². The summed E-state index contributed by atoms with van der Waals surface area (Å²) in [6.45, 7) is -0.835. The Bertz CT molecular complexity index is 859. The lowest BCUT2D eigenvalue weighted by atomic mass is 9.84. The van der Waals surface area contributed by atoms with Crippen LogP contribution in [0.15, 0.2) is 0 Å². The van der Waals surface area contributed by atoms with Gasteiger partial charge in [-0.1, -0.05) is 0 Å². The van der Waals surface area contributed by atoms with E-state index in [1.54, 1.807) is 0 Å². The quantitative estimate of drug-likeness (QED) is 0.114. The molecule has 1 amide bonds. The summed E-state index contributed by atoms with van der Waals surface area (Å²) >= 11 is 0. The van der Waals surface area contributed by atoms with E-state index >= 15 is 0 Å². The predicted octanol–water partition coefficient (Wildman–Crippen LogP) is -7.34. The number of hydrogen-bond acceptors (Lipinski definition) is 16. The monoisotopic (exact) mass is 582 g/mol. The summed E-state index contributed by atoms with van der Waals surface area (Å²) in [5.74, 6) is -2.01. The summed E-state index contributed by atoms with van der Waals surface area (Å²) in [5, 5.41) is 62.7. The summed E-state index contributed by atoms with van der Waals surface area (Å²) in [6.07, 6.45) is -13.1. The molecule has 0 spiro atoms. The molecule has 15 atom stereocenters. The number of aliphatic carboxylic acids is 1. The second-order valence-electron chi connectivity index (χ2n) is 10.5. The Morgan fingerprint density at radius 1 is 0.850 bits per heavy atom. The van der Waals surface area contributed by atoms with Gasteiger partial charge in [-0.3, -0.25) is 9.59 Å². The van der Waals surface area contributed by atoms with E-state index in [-0.39, 0.29) is 19.4 Å². The van der Waals surface area contributed by atoms with Crippen molar-refractivity contribution in [2.45, 2.75) is 111 Å². The van der Waals surface area contributed by atoms with E-state index in [1.807, 2.05) is 0 Å². The van der Waals surface area contributed by atoms with Crippen LogP contribution in [-0.4, -0.2) is 147 Å². The predicted molar refractivity (Wildman–Crippen MR) is 133 cm³/mol. The van der Waals surface area contributed by atoms with E-state index in [9.17, 15) is 35.1 Å². The summed E-state index contributed by atoms with van der Waals surface area (Å²) in [7, 11) is 0. The van der Waals surface area contributed by atoms with Crippen LogP contribution in [-0.2, 0) is 28.5 Å². The number of carbonyl (C=O) groups is 2. The highest BCUT2D eigenvalue weighted by Gasteiger charge is 2.50. The van der Waals surface area contributed by atoms with Gasteiger partial charge in [-0.2, -0.15) is 0 Å².